The van der Waals surface area contributed by atoms with E-state index in [-0.39, 0.29) is 28.3 Å². The zero-order valence-electron chi connectivity index (χ0n) is 18.8. The van der Waals surface area contributed by atoms with Crippen molar-refractivity contribution in [3.05, 3.63) is 97.6 Å². The molecule has 0 saturated heterocycles. The highest BCUT2D eigenvalue weighted by atomic mass is 79.9. The normalized spacial score (nSPS) is 11.3. The minimum Gasteiger partial charge on any atom is -0.479 e. The smallest absolute Gasteiger partial charge is 0.312 e. The number of ketones is 1. The molecule has 1 heterocycles. The fourth-order valence-electron chi connectivity index (χ4n) is 3.48. The first-order valence-corrected chi connectivity index (χ1v) is 12.5. The molecule has 0 amide bonds. The Morgan fingerprint density at radius 1 is 1.09 bits per heavy atom. The maximum absolute atomic E-state index is 13.2. The van der Waals surface area contributed by atoms with Gasteiger partial charge in [0.25, 0.3) is 0 Å². The maximum atomic E-state index is 13.2. The van der Waals surface area contributed by atoms with Gasteiger partial charge in [-0.05, 0) is 66.9 Å². The summed E-state index contributed by atoms with van der Waals surface area (Å²) >= 11 is 15.6. The first kappa shape index (κ1) is 25.2. The number of aromatic nitrogens is 1. The molecule has 35 heavy (non-hydrogen) atoms. The molecule has 0 saturated carbocycles. The van der Waals surface area contributed by atoms with Crippen molar-refractivity contribution in [3.63, 3.8) is 0 Å². The quantitative estimate of drug-likeness (QED) is 0.170. The number of hydrogen-bond acceptors (Lipinski definition) is 5. The second-order valence-electron chi connectivity index (χ2n) is 7.88. The number of halogens is 3. The largest absolute Gasteiger partial charge is 0.479 e. The van der Waals surface area contributed by atoms with E-state index in [9.17, 15) is 9.90 Å². The van der Waals surface area contributed by atoms with Gasteiger partial charge in [0.1, 0.15) is 0 Å². The van der Waals surface area contributed by atoms with Crippen molar-refractivity contribution in [3.8, 4) is 17.4 Å². The molecule has 0 aliphatic heterocycles. The van der Waals surface area contributed by atoms with Gasteiger partial charge in [-0.3, -0.25) is 9.79 Å². The van der Waals surface area contributed by atoms with Crippen LogP contribution in [0.2, 0.25) is 10.0 Å². The number of oxazole rings is 1. The predicted octanol–water partition coefficient (Wildman–Crippen LogP) is 8.44. The number of rotatable bonds is 8. The van der Waals surface area contributed by atoms with E-state index < -0.39 is 0 Å². The van der Waals surface area contributed by atoms with Gasteiger partial charge in [0.05, 0.1) is 16.9 Å². The summed E-state index contributed by atoms with van der Waals surface area (Å²) in [6.07, 6.45) is 4.64. The number of aliphatic imine (C=N–C) groups is 1. The molecule has 8 heteroatoms. The number of aryl methyl sites for hydroxylation is 1. The maximum Gasteiger partial charge on any atom is 0.312 e. The summed E-state index contributed by atoms with van der Waals surface area (Å²) in [6.45, 7) is 2.16. The minimum absolute atomic E-state index is 0.154. The van der Waals surface area contributed by atoms with Crippen molar-refractivity contribution in [2.24, 2.45) is 4.99 Å². The average Bonchev–Trinajstić information content (AvgIpc) is 3.22. The third-order valence-corrected chi connectivity index (χ3v) is 6.40. The van der Waals surface area contributed by atoms with Crippen molar-refractivity contribution in [2.45, 2.75) is 26.2 Å². The molecular formula is C27H21BrCl2N2O3. The van der Waals surface area contributed by atoms with E-state index in [4.69, 9.17) is 27.6 Å². The SMILES string of the molecule is CCCCc1ccc(-c2nc(C=Nc3ccc(Br)cc3C(=O)c3ccc(Cl)cc3Cl)c(O)o2)cc1. The van der Waals surface area contributed by atoms with Crippen molar-refractivity contribution in [2.75, 3.05) is 0 Å². The van der Waals surface area contributed by atoms with Crippen molar-refractivity contribution >= 4 is 56.8 Å². The fraction of sp³-hybridized carbons (Fsp3) is 0.148. The Morgan fingerprint density at radius 2 is 1.86 bits per heavy atom. The zero-order valence-corrected chi connectivity index (χ0v) is 21.9. The lowest BCUT2D eigenvalue weighted by molar-refractivity contribution is 0.103. The third kappa shape index (κ3) is 6.01. The Balaban J connectivity index is 1.61. The van der Waals surface area contributed by atoms with E-state index >= 15 is 0 Å². The number of unbranched alkanes of at least 4 members (excludes halogenated alkanes) is 1. The predicted molar refractivity (Wildman–Crippen MR) is 144 cm³/mol. The van der Waals surface area contributed by atoms with E-state index in [0.29, 0.717) is 26.3 Å². The number of carbonyl (C=O) groups is 1. The lowest BCUT2D eigenvalue weighted by Crippen LogP contribution is -2.03. The number of aromatic hydroxyl groups is 1. The number of benzene rings is 3. The van der Waals surface area contributed by atoms with Gasteiger partial charge in [-0.2, -0.15) is 0 Å². The highest BCUT2D eigenvalue weighted by Crippen LogP contribution is 2.31. The van der Waals surface area contributed by atoms with E-state index in [0.717, 1.165) is 24.8 Å². The Hall–Kier alpha value is -2.93. The van der Waals surface area contributed by atoms with Gasteiger partial charge in [0.15, 0.2) is 11.5 Å². The molecule has 0 spiro atoms. The van der Waals surface area contributed by atoms with Crippen LogP contribution in [0, 0.1) is 0 Å². The Bertz CT molecular complexity index is 1400. The van der Waals surface area contributed by atoms with Crippen molar-refractivity contribution in [1.82, 2.24) is 4.98 Å². The Morgan fingerprint density at radius 3 is 2.57 bits per heavy atom. The van der Waals surface area contributed by atoms with Gasteiger partial charge in [-0.15, -0.1) is 0 Å². The monoisotopic (exact) mass is 570 g/mol. The van der Waals surface area contributed by atoms with E-state index in [2.05, 4.69) is 32.8 Å². The lowest BCUT2D eigenvalue weighted by Gasteiger charge is -2.08. The minimum atomic E-state index is -0.357. The molecule has 1 aromatic heterocycles. The van der Waals surface area contributed by atoms with Crippen LogP contribution in [-0.2, 0) is 6.42 Å². The van der Waals surface area contributed by atoms with Gasteiger partial charge in [-0.1, -0.05) is 64.6 Å². The fourth-order valence-corrected chi connectivity index (χ4v) is 4.33. The molecule has 3 aromatic carbocycles. The van der Waals surface area contributed by atoms with Crippen LogP contribution >= 0.6 is 39.1 Å². The summed E-state index contributed by atoms with van der Waals surface area (Å²) in [4.78, 5) is 22.0. The standard InChI is InChI=1S/C27H21BrCl2N2O3/c1-2-3-4-16-5-7-17(8-6-16)26-32-24(27(34)35-26)15-31-23-12-9-18(28)13-21(23)25(33)20-11-10-19(29)14-22(20)30/h5-15,34H,2-4H2,1H3. The summed E-state index contributed by atoms with van der Waals surface area (Å²) in [5, 5.41) is 11.0. The van der Waals surface area contributed by atoms with E-state index in [1.165, 1.54) is 17.8 Å². The molecule has 0 unspecified atom stereocenters. The first-order chi connectivity index (χ1) is 16.9. The van der Waals surface area contributed by atoms with Crippen LogP contribution in [0.4, 0.5) is 5.69 Å². The lowest BCUT2D eigenvalue weighted by atomic mass is 10.0. The van der Waals surface area contributed by atoms with Gasteiger partial charge in [-0.25, -0.2) is 4.98 Å². The highest BCUT2D eigenvalue weighted by molar-refractivity contribution is 9.10. The van der Waals surface area contributed by atoms with Crippen LogP contribution in [0.5, 0.6) is 5.95 Å². The van der Waals surface area contributed by atoms with Gasteiger partial charge in [0, 0.05) is 26.2 Å². The molecule has 0 aliphatic rings. The summed E-state index contributed by atoms with van der Waals surface area (Å²) in [5.41, 5.74) is 3.15. The van der Waals surface area contributed by atoms with E-state index in [1.54, 1.807) is 30.3 Å². The summed E-state index contributed by atoms with van der Waals surface area (Å²) < 4.78 is 6.16. The summed E-state index contributed by atoms with van der Waals surface area (Å²) in [6, 6.07) is 17.7. The van der Waals surface area contributed by atoms with Crippen LogP contribution in [0.25, 0.3) is 11.5 Å². The molecule has 1 N–H and O–H groups in total. The molecule has 4 aromatic rings. The second-order valence-corrected chi connectivity index (χ2v) is 9.64. The average molecular weight is 572 g/mol. The molecule has 0 fully saturated rings. The van der Waals surface area contributed by atoms with Crippen LogP contribution in [-0.4, -0.2) is 22.1 Å². The van der Waals surface area contributed by atoms with Crippen LogP contribution < -0.4 is 0 Å². The zero-order chi connectivity index (χ0) is 24.9. The molecule has 0 radical (unpaired) electrons. The Labute approximate surface area is 221 Å². The van der Waals surface area contributed by atoms with Crippen LogP contribution in [0.1, 0.15) is 46.9 Å². The molecule has 5 nitrogen and oxygen atoms in total. The van der Waals surface area contributed by atoms with Gasteiger partial charge >= 0.3 is 5.95 Å². The number of carbonyl (C=O) groups excluding carboxylic acids is 1. The van der Waals surface area contributed by atoms with E-state index in [1.807, 2.05) is 24.3 Å². The van der Waals surface area contributed by atoms with Gasteiger partial charge < -0.3 is 9.52 Å². The summed E-state index contributed by atoms with van der Waals surface area (Å²) in [5.74, 6) is -0.385. The summed E-state index contributed by atoms with van der Waals surface area (Å²) in [7, 11) is 0. The van der Waals surface area contributed by atoms with Crippen molar-refractivity contribution in [1.29, 1.82) is 0 Å². The second kappa shape index (κ2) is 11.2. The molecular weight excluding hydrogens is 551 g/mol. The number of hydrogen-bond donors (Lipinski definition) is 1. The molecule has 4 rings (SSSR count). The first-order valence-electron chi connectivity index (χ1n) is 11.0. The molecule has 0 atom stereocenters. The third-order valence-electron chi connectivity index (χ3n) is 5.36. The van der Waals surface area contributed by atoms with Crippen LogP contribution in [0.15, 0.2) is 74.5 Å². The molecule has 0 bridgehead atoms. The van der Waals surface area contributed by atoms with Gasteiger partial charge in [0.2, 0.25) is 5.89 Å². The van der Waals surface area contributed by atoms with Crippen LogP contribution in [0.3, 0.4) is 0 Å². The topological polar surface area (TPSA) is 75.7 Å². The molecule has 178 valence electrons. The Kier molecular flexibility index (Phi) is 8.06. The highest BCUT2D eigenvalue weighted by Gasteiger charge is 2.18. The molecule has 0 aliphatic carbocycles. The number of nitrogens with zero attached hydrogens (tertiary/aromatic N) is 2. The van der Waals surface area contributed by atoms with Crippen molar-refractivity contribution < 1.29 is 14.3 Å².